The van der Waals surface area contributed by atoms with E-state index in [1.807, 2.05) is 30.4 Å². The first-order valence-corrected chi connectivity index (χ1v) is 21.7. The molecule has 0 aliphatic heterocycles. The summed E-state index contributed by atoms with van der Waals surface area (Å²) in [5, 5.41) is 31.2. The predicted molar refractivity (Wildman–Crippen MR) is 218 cm³/mol. The first-order chi connectivity index (χ1) is 26.5. The molecule has 0 aromatic carbocycles. The second-order valence-electron chi connectivity index (χ2n) is 13.8. The molecule has 0 heterocycles. The zero-order valence-corrected chi connectivity index (χ0v) is 34.0. The first-order valence-electron chi connectivity index (χ1n) is 20.1. The highest BCUT2D eigenvalue weighted by Crippen LogP contribution is 2.37. The van der Waals surface area contributed by atoms with Crippen LogP contribution in [0.2, 0.25) is 0 Å². The highest BCUT2D eigenvalue weighted by atomic mass is 31.2. The van der Waals surface area contributed by atoms with Crippen LogP contribution >= 0.6 is 7.82 Å². The van der Waals surface area contributed by atoms with Gasteiger partial charge in [-0.1, -0.05) is 118 Å². The van der Waals surface area contributed by atoms with Gasteiger partial charge in [0.2, 0.25) is 0 Å². The van der Waals surface area contributed by atoms with E-state index in [-0.39, 0.29) is 31.1 Å². The number of ether oxygens (including phenoxy) is 2. The Kier molecular flexibility index (Phi) is 29.4. The lowest BCUT2D eigenvalue weighted by Gasteiger charge is -2.19. The molecule has 55 heavy (non-hydrogen) atoms. The molecule has 1 aliphatic rings. The summed E-state index contributed by atoms with van der Waals surface area (Å²) in [5.41, 5.74) is 0. The number of phosphoric ester groups is 1. The van der Waals surface area contributed by atoms with E-state index in [0.29, 0.717) is 38.5 Å². The molecule has 0 aromatic heterocycles. The molecule has 12 heteroatoms. The van der Waals surface area contributed by atoms with Crippen molar-refractivity contribution in [2.75, 3.05) is 13.2 Å². The molecule has 1 fully saturated rings. The molecule has 312 valence electrons. The summed E-state index contributed by atoms with van der Waals surface area (Å²) in [7, 11) is -4.84. The summed E-state index contributed by atoms with van der Waals surface area (Å²) in [6.45, 7) is 3.19. The number of carbonyl (C=O) groups is 2. The van der Waals surface area contributed by atoms with Crippen LogP contribution in [0.5, 0.6) is 0 Å². The fourth-order valence-electron chi connectivity index (χ4n) is 5.93. The Bertz CT molecular complexity index is 1280. The Hall–Kier alpha value is -2.89. The van der Waals surface area contributed by atoms with E-state index in [2.05, 4.69) is 67.0 Å². The molecule has 1 saturated carbocycles. The second-order valence-corrected chi connectivity index (χ2v) is 15.1. The van der Waals surface area contributed by atoms with E-state index in [1.165, 1.54) is 0 Å². The highest BCUT2D eigenvalue weighted by Gasteiger charge is 2.39. The van der Waals surface area contributed by atoms with Crippen LogP contribution in [0.3, 0.4) is 0 Å². The van der Waals surface area contributed by atoms with Gasteiger partial charge >= 0.3 is 19.8 Å². The van der Waals surface area contributed by atoms with Crippen LogP contribution in [0, 0.1) is 11.8 Å². The SMILES string of the molecule is CC/C=C\C/C=C\C/C=C\C/C=C\C/C=C\CCCC(=O)O[C@H](COC(=O)CCC/C=C/C[C@@H]1[C@@H](/C=C/[C@@H](O)CCCCC)[C@H](O)C[C@@H]1O)COP(=O)(O)O. The third kappa shape index (κ3) is 28.2. The van der Waals surface area contributed by atoms with E-state index in [1.54, 1.807) is 6.08 Å². The van der Waals surface area contributed by atoms with Gasteiger partial charge < -0.3 is 34.6 Å². The van der Waals surface area contributed by atoms with Crippen LogP contribution < -0.4 is 0 Å². The molecule has 0 saturated heterocycles. The van der Waals surface area contributed by atoms with Crippen LogP contribution in [0.4, 0.5) is 0 Å². The summed E-state index contributed by atoms with van der Waals surface area (Å²) in [6.07, 6.45) is 36.9. The summed E-state index contributed by atoms with van der Waals surface area (Å²) in [5.74, 6) is -1.57. The Morgan fingerprint density at radius 2 is 1.29 bits per heavy atom. The number of hydrogen-bond donors (Lipinski definition) is 5. The van der Waals surface area contributed by atoms with Gasteiger partial charge in [-0.15, -0.1) is 0 Å². The molecule has 5 N–H and O–H groups in total. The number of allylic oxidation sites excluding steroid dienone is 12. The van der Waals surface area contributed by atoms with Crippen molar-refractivity contribution in [2.24, 2.45) is 11.8 Å². The third-order valence-electron chi connectivity index (χ3n) is 8.97. The van der Waals surface area contributed by atoms with Crippen LogP contribution in [-0.4, -0.2) is 74.7 Å². The minimum Gasteiger partial charge on any atom is -0.462 e. The van der Waals surface area contributed by atoms with Gasteiger partial charge in [-0.3, -0.25) is 14.1 Å². The van der Waals surface area contributed by atoms with Gasteiger partial charge in [0.05, 0.1) is 24.9 Å². The van der Waals surface area contributed by atoms with Crippen LogP contribution in [0.25, 0.3) is 0 Å². The standard InChI is InChI=1S/C43H69O11P/c1-3-5-7-8-9-10-11-12-13-14-15-16-17-18-19-20-26-30-43(48)54-37(35-53-55(49,50)51)34-52-42(47)29-25-22-21-24-28-38-39(41(46)33-40(38)45)32-31-36(44)27-23-6-4-2/h5,7,9-10,12-13,15-16,18-19,21,24,31-32,36-41,44-46H,3-4,6,8,11,14,17,20,22-23,25-30,33-35H2,1-2H3,(H2,49,50,51)/b7-5-,10-9-,13-12-,16-15-,19-18-,24-21+,32-31+/t36-,37+,38+,39+,40-,41+/m0/s1. The quantitative estimate of drug-likeness (QED) is 0.0197. The maximum atomic E-state index is 12.4. The molecular weight excluding hydrogens is 723 g/mol. The van der Waals surface area contributed by atoms with Gasteiger partial charge in [0, 0.05) is 25.2 Å². The normalized spacial score (nSPS) is 20.8. The molecular formula is C43H69O11P. The lowest BCUT2D eigenvalue weighted by Crippen LogP contribution is -2.29. The minimum absolute atomic E-state index is 0.0731. The number of hydrogen-bond acceptors (Lipinski definition) is 9. The average Bonchev–Trinajstić information content (AvgIpc) is 3.41. The van der Waals surface area contributed by atoms with E-state index in [0.717, 1.165) is 51.4 Å². The van der Waals surface area contributed by atoms with Crippen LogP contribution in [0.15, 0.2) is 85.1 Å². The van der Waals surface area contributed by atoms with Crippen molar-refractivity contribution < 1.29 is 53.3 Å². The summed E-state index contributed by atoms with van der Waals surface area (Å²) in [6, 6.07) is 0. The van der Waals surface area contributed by atoms with Gasteiger partial charge in [0.25, 0.3) is 0 Å². The fourth-order valence-corrected chi connectivity index (χ4v) is 6.29. The monoisotopic (exact) mass is 792 g/mol. The van der Waals surface area contributed by atoms with Crippen molar-refractivity contribution in [3.63, 3.8) is 0 Å². The van der Waals surface area contributed by atoms with Crippen molar-refractivity contribution in [3.05, 3.63) is 85.1 Å². The lowest BCUT2D eigenvalue weighted by atomic mass is 9.89. The Balaban J connectivity index is 2.36. The summed E-state index contributed by atoms with van der Waals surface area (Å²) >= 11 is 0. The number of unbranched alkanes of at least 4 members (excludes halogenated alkanes) is 4. The number of aliphatic hydroxyl groups is 3. The zero-order valence-electron chi connectivity index (χ0n) is 33.1. The number of carbonyl (C=O) groups excluding carboxylic acids is 2. The van der Waals surface area contributed by atoms with Crippen molar-refractivity contribution >= 4 is 19.8 Å². The molecule has 11 nitrogen and oxygen atoms in total. The van der Waals surface area contributed by atoms with Gasteiger partial charge in [-0.2, -0.15) is 0 Å². The summed E-state index contributed by atoms with van der Waals surface area (Å²) < 4.78 is 26.3. The number of esters is 2. The number of rotatable bonds is 31. The maximum absolute atomic E-state index is 12.4. The van der Waals surface area contributed by atoms with E-state index >= 15 is 0 Å². The van der Waals surface area contributed by atoms with Crippen LogP contribution in [0.1, 0.15) is 123 Å². The van der Waals surface area contributed by atoms with Crippen molar-refractivity contribution in [3.8, 4) is 0 Å². The summed E-state index contributed by atoms with van der Waals surface area (Å²) in [4.78, 5) is 43.0. The molecule has 0 radical (unpaired) electrons. The number of aliphatic hydroxyl groups excluding tert-OH is 3. The molecule has 0 bridgehead atoms. The van der Waals surface area contributed by atoms with Crippen LogP contribution in [-0.2, 0) is 28.2 Å². The average molecular weight is 793 g/mol. The largest absolute Gasteiger partial charge is 0.469 e. The molecule has 0 spiro atoms. The zero-order chi connectivity index (χ0) is 40.6. The van der Waals surface area contributed by atoms with Gasteiger partial charge in [-0.05, 0) is 76.5 Å². The third-order valence-corrected chi connectivity index (χ3v) is 9.45. The molecule has 0 amide bonds. The van der Waals surface area contributed by atoms with Gasteiger partial charge in [0.1, 0.15) is 6.61 Å². The molecule has 1 aliphatic carbocycles. The Labute approximate surface area is 329 Å². The van der Waals surface area contributed by atoms with Gasteiger partial charge in [-0.25, -0.2) is 4.57 Å². The Morgan fingerprint density at radius 1 is 0.727 bits per heavy atom. The molecule has 0 unspecified atom stereocenters. The maximum Gasteiger partial charge on any atom is 0.469 e. The predicted octanol–water partition coefficient (Wildman–Crippen LogP) is 8.44. The van der Waals surface area contributed by atoms with Crippen molar-refractivity contribution in [2.45, 2.75) is 147 Å². The second kappa shape index (κ2) is 32.2. The smallest absolute Gasteiger partial charge is 0.462 e. The molecule has 1 rings (SSSR count). The Morgan fingerprint density at radius 3 is 1.87 bits per heavy atom. The molecule has 6 atom stereocenters. The van der Waals surface area contributed by atoms with E-state index in [4.69, 9.17) is 19.3 Å². The number of phosphoric acid groups is 1. The van der Waals surface area contributed by atoms with Crippen molar-refractivity contribution in [1.29, 1.82) is 0 Å². The first kappa shape index (κ1) is 50.1. The topological polar surface area (TPSA) is 180 Å². The van der Waals surface area contributed by atoms with Crippen molar-refractivity contribution in [1.82, 2.24) is 0 Å². The van der Waals surface area contributed by atoms with E-state index < -0.39 is 57.4 Å². The highest BCUT2D eigenvalue weighted by molar-refractivity contribution is 7.46. The minimum atomic E-state index is -4.84. The molecule has 0 aromatic rings. The van der Waals surface area contributed by atoms with E-state index in [9.17, 15) is 29.5 Å². The fraction of sp³-hybridized carbons (Fsp3) is 0.628. The lowest BCUT2D eigenvalue weighted by molar-refractivity contribution is -0.161. The van der Waals surface area contributed by atoms with Gasteiger partial charge in [0.15, 0.2) is 6.10 Å².